The lowest BCUT2D eigenvalue weighted by Gasteiger charge is -2.26. The summed E-state index contributed by atoms with van der Waals surface area (Å²) in [6.45, 7) is 0.568. The lowest BCUT2D eigenvalue weighted by atomic mass is 9.85. The zero-order valence-corrected chi connectivity index (χ0v) is 16.6. The second-order valence-corrected chi connectivity index (χ2v) is 6.66. The molecular weight excluding hydrogens is 400 g/mol. The zero-order valence-electron chi connectivity index (χ0n) is 16.6. The minimum Gasteiger partial charge on any atom is -0.490 e. The molecule has 0 radical (unpaired) electrons. The molecule has 1 aliphatic rings. The molecule has 3 aromatic rings. The first kappa shape index (κ1) is 21.6. The molecule has 1 unspecified atom stereocenters. The Morgan fingerprint density at radius 2 is 1.68 bits per heavy atom. The minimum atomic E-state index is -0.250. The molecule has 31 heavy (non-hydrogen) atoms. The second-order valence-electron chi connectivity index (χ2n) is 6.66. The van der Waals surface area contributed by atoms with Crippen LogP contribution >= 0.6 is 0 Å². The van der Waals surface area contributed by atoms with E-state index in [0.29, 0.717) is 25.4 Å². The summed E-state index contributed by atoms with van der Waals surface area (Å²) in [5.41, 5.74) is 2.47. The summed E-state index contributed by atoms with van der Waals surface area (Å²) in [5, 5.41) is 9.79. The Hall–Kier alpha value is -4.07. The highest BCUT2D eigenvalue weighted by Crippen LogP contribution is 2.38. The Balaban J connectivity index is 0.000000858. The van der Waals surface area contributed by atoms with Crippen LogP contribution in [0.3, 0.4) is 0 Å². The van der Waals surface area contributed by atoms with E-state index in [1.807, 2.05) is 48.5 Å². The molecule has 8 heteroatoms. The molecule has 1 amide bonds. The summed E-state index contributed by atoms with van der Waals surface area (Å²) in [7, 11) is 0. The number of carboxylic acid groups (broad SMARTS) is 1. The van der Waals surface area contributed by atoms with Crippen molar-refractivity contribution in [2.45, 2.75) is 12.3 Å². The number of anilines is 1. The van der Waals surface area contributed by atoms with Gasteiger partial charge in [0, 0.05) is 36.4 Å². The van der Waals surface area contributed by atoms with Gasteiger partial charge >= 0.3 is 0 Å². The number of pyridine rings is 1. The molecule has 8 nitrogen and oxygen atoms in total. The molecule has 0 saturated heterocycles. The first-order valence-corrected chi connectivity index (χ1v) is 9.61. The van der Waals surface area contributed by atoms with E-state index in [4.69, 9.17) is 19.4 Å². The highest BCUT2D eigenvalue weighted by molar-refractivity contribution is 5.95. The maximum Gasteiger partial charge on any atom is 0.290 e. The maximum atomic E-state index is 12.2. The quantitative estimate of drug-likeness (QED) is 0.415. The van der Waals surface area contributed by atoms with Crippen molar-refractivity contribution in [3.05, 3.63) is 88.3 Å². The zero-order chi connectivity index (χ0) is 22.1. The molecule has 4 rings (SSSR count). The van der Waals surface area contributed by atoms with Crippen LogP contribution in [0.4, 0.5) is 5.69 Å². The Morgan fingerprint density at radius 3 is 2.35 bits per heavy atom. The monoisotopic (exact) mass is 422 g/mol. The van der Waals surface area contributed by atoms with Crippen molar-refractivity contribution in [1.29, 1.82) is 0 Å². The molecule has 1 atom stereocenters. The Kier molecular flexibility index (Phi) is 7.42. The van der Waals surface area contributed by atoms with Gasteiger partial charge in [0.25, 0.3) is 6.47 Å². The molecule has 1 aliphatic heterocycles. The van der Waals surface area contributed by atoms with E-state index < -0.39 is 0 Å². The molecule has 0 saturated carbocycles. The van der Waals surface area contributed by atoms with Crippen molar-refractivity contribution in [3.63, 3.8) is 0 Å². The number of H-pyrrole nitrogens is 1. The van der Waals surface area contributed by atoms with E-state index in [0.717, 1.165) is 22.6 Å². The molecular formula is C23H22N2O6. The fraction of sp³-hybridized carbons (Fsp3) is 0.174. The third-order valence-electron chi connectivity index (χ3n) is 4.64. The van der Waals surface area contributed by atoms with Gasteiger partial charge in [0.2, 0.25) is 11.5 Å². The highest BCUT2D eigenvalue weighted by atomic mass is 16.5. The third kappa shape index (κ3) is 5.96. The number of benzene rings is 2. The van der Waals surface area contributed by atoms with Crippen LogP contribution < -0.4 is 20.3 Å². The summed E-state index contributed by atoms with van der Waals surface area (Å²) in [5.74, 6) is 1.30. The largest absolute Gasteiger partial charge is 0.490 e. The number of ether oxygens (including phenoxy) is 2. The van der Waals surface area contributed by atoms with Crippen LogP contribution in [0.15, 0.2) is 71.7 Å². The van der Waals surface area contributed by atoms with E-state index in [2.05, 4.69) is 10.3 Å². The second kappa shape index (κ2) is 10.6. The van der Waals surface area contributed by atoms with Gasteiger partial charge in [-0.2, -0.15) is 0 Å². The molecule has 0 fully saturated rings. The van der Waals surface area contributed by atoms with E-state index in [9.17, 15) is 9.59 Å². The summed E-state index contributed by atoms with van der Waals surface area (Å²) in [6.07, 6.45) is 2.00. The Morgan fingerprint density at radius 1 is 0.968 bits per heavy atom. The number of rotatable bonds is 6. The van der Waals surface area contributed by atoms with E-state index in [1.165, 1.54) is 6.07 Å². The number of carbonyl (C=O) groups excluding carboxylic acids is 1. The van der Waals surface area contributed by atoms with Gasteiger partial charge in [-0.05, 0) is 29.3 Å². The van der Waals surface area contributed by atoms with Gasteiger partial charge in [-0.3, -0.25) is 14.4 Å². The lowest BCUT2D eigenvalue weighted by Crippen LogP contribution is -2.24. The number of hydrogen-bond acceptors (Lipinski definition) is 5. The van der Waals surface area contributed by atoms with Crippen molar-refractivity contribution < 1.29 is 24.2 Å². The molecule has 160 valence electrons. The first-order valence-electron chi connectivity index (χ1n) is 9.61. The highest BCUT2D eigenvalue weighted by Gasteiger charge is 2.27. The SMILES string of the molecule is O=C1CC(c2ccc(=O)[nH]c2)c2ccc(OCCOc3ccccc3)cc2N1.O=CO. The molecule has 0 bridgehead atoms. The fourth-order valence-electron chi connectivity index (χ4n) is 3.31. The topological polar surface area (TPSA) is 118 Å². The van der Waals surface area contributed by atoms with Crippen molar-refractivity contribution >= 4 is 18.1 Å². The van der Waals surface area contributed by atoms with Gasteiger partial charge in [0.15, 0.2) is 0 Å². The number of nitrogens with one attached hydrogen (secondary N) is 2. The van der Waals surface area contributed by atoms with Crippen LogP contribution in [0.5, 0.6) is 11.5 Å². The fourth-order valence-corrected chi connectivity index (χ4v) is 3.31. The maximum absolute atomic E-state index is 12.2. The van der Waals surface area contributed by atoms with Crippen molar-refractivity contribution in [2.75, 3.05) is 18.5 Å². The van der Waals surface area contributed by atoms with E-state index in [1.54, 1.807) is 12.3 Å². The minimum absolute atomic E-state index is 0.0618. The average molecular weight is 422 g/mol. The van der Waals surface area contributed by atoms with Gasteiger partial charge in [-0.25, -0.2) is 0 Å². The number of aromatic amines is 1. The van der Waals surface area contributed by atoms with Gasteiger partial charge in [-0.1, -0.05) is 30.3 Å². The van der Waals surface area contributed by atoms with E-state index in [-0.39, 0.29) is 23.9 Å². The third-order valence-corrected chi connectivity index (χ3v) is 4.64. The van der Waals surface area contributed by atoms with Crippen LogP contribution in [0.1, 0.15) is 23.5 Å². The predicted octanol–water partition coefficient (Wildman–Crippen LogP) is 3.01. The Labute approximate surface area is 178 Å². The summed E-state index contributed by atoms with van der Waals surface area (Å²) in [4.78, 5) is 34.5. The molecule has 2 heterocycles. The lowest BCUT2D eigenvalue weighted by molar-refractivity contribution is -0.123. The number of carbonyl (C=O) groups is 2. The van der Waals surface area contributed by atoms with Gasteiger partial charge in [-0.15, -0.1) is 0 Å². The number of aromatic nitrogens is 1. The number of fused-ring (bicyclic) bond motifs is 1. The van der Waals surface area contributed by atoms with Gasteiger partial charge in [0.05, 0.1) is 0 Å². The number of hydrogen-bond donors (Lipinski definition) is 3. The standard InChI is InChI=1S/C22H20N2O4.CH2O2/c25-21-9-6-15(14-23-21)19-13-22(26)24-20-12-17(7-8-18(19)20)28-11-10-27-16-4-2-1-3-5-16;2-1-3/h1-9,12,14,19H,10-11,13H2,(H,23,25)(H,24,26);1H,(H,2,3). The van der Waals surface area contributed by atoms with Crippen LogP contribution in [0.2, 0.25) is 0 Å². The van der Waals surface area contributed by atoms with Crippen molar-refractivity contribution in [2.24, 2.45) is 0 Å². The summed E-state index contributed by atoms with van der Waals surface area (Å²) < 4.78 is 11.4. The van der Waals surface area contributed by atoms with Crippen LogP contribution in [-0.4, -0.2) is 35.7 Å². The van der Waals surface area contributed by atoms with Crippen LogP contribution in [0.25, 0.3) is 0 Å². The summed E-state index contributed by atoms with van der Waals surface area (Å²) >= 11 is 0. The van der Waals surface area contributed by atoms with Crippen molar-refractivity contribution in [1.82, 2.24) is 4.98 Å². The molecule has 0 spiro atoms. The Bertz CT molecular complexity index is 1060. The van der Waals surface area contributed by atoms with Crippen LogP contribution in [0, 0.1) is 0 Å². The predicted molar refractivity (Wildman–Crippen MR) is 115 cm³/mol. The normalized spacial score (nSPS) is 14.3. The first-order chi connectivity index (χ1) is 15.1. The smallest absolute Gasteiger partial charge is 0.290 e. The van der Waals surface area contributed by atoms with Gasteiger partial charge in [0.1, 0.15) is 24.7 Å². The van der Waals surface area contributed by atoms with E-state index >= 15 is 0 Å². The molecule has 3 N–H and O–H groups in total. The summed E-state index contributed by atoms with van der Waals surface area (Å²) in [6, 6.07) is 18.5. The molecule has 0 aliphatic carbocycles. The van der Waals surface area contributed by atoms with Crippen LogP contribution in [-0.2, 0) is 9.59 Å². The molecule has 2 aromatic carbocycles. The number of amides is 1. The van der Waals surface area contributed by atoms with Crippen molar-refractivity contribution in [3.8, 4) is 11.5 Å². The molecule has 1 aromatic heterocycles. The number of para-hydroxylation sites is 1. The van der Waals surface area contributed by atoms with Gasteiger partial charge < -0.3 is 24.9 Å². The average Bonchev–Trinajstić information content (AvgIpc) is 2.78.